The number of nitrogens with two attached hydrogens (primary N) is 1. The van der Waals surface area contributed by atoms with E-state index in [1.54, 1.807) is 6.92 Å². The van der Waals surface area contributed by atoms with E-state index in [-0.39, 0.29) is 17.8 Å². The van der Waals surface area contributed by atoms with Crippen molar-refractivity contribution in [3.8, 4) is 0 Å². The summed E-state index contributed by atoms with van der Waals surface area (Å²) in [6, 6.07) is 2.73. The number of nitrogens with one attached hydrogen (secondary N) is 1. The fraction of sp³-hybridized carbons (Fsp3) is 0.455. The molecule has 17 heavy (non-hydrogen) atoms. The van der Waals surface area contributed by atoms with Gasteiger partial charge in [-0.2, -0.15) is 0 Å². The Kier molecular flexibility index (Phi) is 2.97. The van der Waals surface area contributed by atoms with Crippen LogP contribution in [0.3, 0.4) is 0 Å². The van der Waals surface area contributed by atoms with Gasteiger partial charge in [-0.05, 0) is 31.4 Å². The summed E-state index contributed by atoms with van der Waals surface area (Å²) in [7, 11) is 0. The zero-order chi connectivity index (χ0) is 12.6. The number of nitro benzene ring substituents is 1. The van der Waals surface area contributed by atoms with Crippen LogP contribution in [-0.2, 0) is 0 Å². The maximum atomic E-state index is 13.3. The van der Waals surface area contributed by atoms with Gasteiger partial charge < -0.3 is 11.1 Å². The largest absolute Gasteiger partial charge is 0.377 e. The Morgan fingerprint density at radius 3 is 2.71 bits per heavy atom. The molecule has 0 radical (unpaired) electrons. The predicted octanol–water partition coefficient (Wildman–Crippen LogP) is 1.94. The summed E-state index contributed by atoms with van der Waals surface area (Å²) in [5.41, 5.74) is 6.17. The Morgan fingerprint density at radius 2 is 2.18 bits per heavy atom. The third-order valence-corrected chi connectivity index (χ3v) is 3.01. The molecule has 0 aromatic heterocycles. The molecule has 5 nitrogen and oxygen atoms in total. The smallest absolute Gasteiger partial charge is 0.295 e. The number of halogens is 1. The molecule has 0 aliphatic heterocycles. The average molecular weight is 239 g/mol. The zero-order valence-corrected chi connectivity index (χ0v) is 9.44. The summed E-state index contributed by atoms with van der Waals surface area (Å²) < 4.78 is 13.3. The average Bonchev–Trinajstić information content (AvgIpc) is 2.20. The Hall–Kier alpha value is -1.69. The standard InChI is InChI=1S/C11H14FN3O2/c1-6-2-10(14-8-3-7(13)4-8)11(15(16)17)5-9(6)12/h2,5,7-8,14H,3-4,13H2,1H3. The molecule has 1 aromatic carbocycles. The van der Waals surface area contributed by atoms with Crippen LogP contribution in [0.2, 0.25) is 0 Å². The van der Waals surface area contributed by atoms with Gasteiger partial charge in [-0.3, -0.25) is 10.1 Å². The van der Waals surface area contributed by atoms with Crippen LogP contribution in [0, 0.1) is 22.9 Å². The Bertz CT molecular complexity index is 458. The van der Waals surface area contributed by atoms with E-state index in [0.29, 0.717) is 11.3 Å². The summed E-state index contributed by atoms with van der Waals surface area (Å²) in [4.78, 5) is 10.2. The molecule has 0 atom stereocenters. The van der Waals surface area contributed by atoms with Gasteiger partial charge in [0.2, 0.25) is 0 Å². The summed E-state index contributed by atoms with van der Waals surface area (Å²) in [6.45, 7) is 1.58. The first-order valence-electron chi connectivity index (χ1n) is 5.44. The minimum absolute atomic E-state index is 0.147. The highest BCUT2D eigenvalue weighted by molar-refractivity contribution is 5.63. The highest BCUT2D eigenvalue weighted by Crippen LogP contribution is 2.31. The van der Waals surface area contributed by atoms with Gasteiger partial charge in [0.15, 0.2) is 0 Å². The van der Waals surface area contributed by atoms with E-state index < -0.39 is 10.7 Å². The normalized spacial score (nSPS) is 23.0. The molecule has 0 unspecified atom stereocenters. The zero-order valence-electron chi connectivity index (χ0n) is 9.44. The summed E-state index contributed by atoms with van der Waals surface area (Å²) in [5.74, 6) is -0.562. The van der Waals surface area contributed by atoms with E-state index in [2.05, 4.69) is 5.32 Å². The molecule has 0 spiro atoms. The van der Waals surface area contributed by atoms with Crippen molar-refractivity contribution in [3.05, 3.63) is 33.6 Å². The molecule has 0 heterocycles. The van der Waals surface area contributed by atoms with Crippen molar-refractivity contribution in [2.45, 2.75) is 31.8 Å². The van der Waals surface area contributed by atoms with Crippen molar-refractivity contribution in [1.29, 1.82) is 0 Å². The van der Waals surface area contributed by atoms with Crippen LogP contribution < -0.4 is 11.1 Å². The van der Waals surface area contributed by atoms with Crippen molar-refractivity contribution in [1.82, 2.24) is 0 Å². The van der Waals surface area contributed by atoms with Gasteiger partial charge in [0.1, 0.15) is 11.5 Å². The fourth-order valence-electron chi connectivity index (χ4n) is 1.94. The summed E-state index contributed by atoms with van der Waals surface area (Å²) >= 11 is 0. The summed E-state index contributed by atoms with van der Waals surface area (Å²) in [6.07, 6.45) is 1.57. The van der Waals surface area contributed by atoms with Gasteiger partial charge in [-0.1, -0.05) is 0 Å². The van der Waals surface area contributed by atoms with Gasteiger partial charge in [0.05, 0.1) is 11.0 Å². The van der Waals surface area contributed by atoms with Crippen LogP contribution in [0.25, 0.3) is 0 Å². The minimum atomic E-state index is -0.580. The maximum absolute atomic E-state index is 13.3. The monoisotopic (exact) mass is 239 g/mol. The van der Waals surface area contributed by atoms with E-state index in [1.807, 2.05) is 0 Å². The first kappa shape index (κ1) is 11.8. The van der Waals surface area contributed by atoms with Gasteiger partial charge in [0, 0.05) is 12.1 Å². The number of anilines is 1. The number of rotatable bonds is 3. The molecule has 1 saturated carbocycles. The fourth-order valence-corrected chi connectivity index (χ4v) is 1.94. The topological polar surface area (TPSA) is 81.2 Å². The number of hydrogen-bond acceptors (Lipinski definition) is 4. The van der Waals surface area contributed by atoms with E-state index in [0.717, 1.165) is 18.9 Å². The second kappa shape index (κ2) is 4.29. The molecule has 1 aliphatic rings. The molecular weight excluding hydrogens is 225 g/mol. The van der Waals surface area contributed by atoms with E-state index in [9.17, 15) is 14.5 Å². The van der Waals surface area contributed by atoms with E-state index in [4.69, 9.17) is 5.73 Å². The molecule has 2 rings (SSSR count). The Labute approximate surface area is 98.0 Å². The van der Waals surface area contributed by atoms with Crippen molar-refractivity contribution in [2.75, 3.05) is 5.32 Å². The lowest BCUT2D eigenvalue weighted by Gasteiger charge is -2.33. The molecule has 1 aliphatic carbocycles. The van der Waals surface area contributed by atoms with Crippen molar-refractivity contribution < 1.29 is 9.31 Å². The lowest BCUT2D eigenvalue weighted by molar-refractivity contribution is -0.384. The number of hydrogen-bond donors (Lipinski definition) is 2. The Morgan fingerprint density at radius 1 is 1.53 bits per heavy atom. The van der Waals surface area contributed by atoms with Gasteiger partial charge >= 0.3 is 0 Å². The highest BCUT2D eigenvalue weighted by Gasteiger charge is 2.28. The maximum Gasteiger partial charge on any atom is 0.295 e. The second-order valence-corrected chi connectivity index (χ2v) is 4.45. The lowest BCUT2D eigenvalue weighted by Crippen LogP contribution is -2.44. The molecule has 1 aromatic rings. The van der Waals surface area contributed by atoms with Crippen molar-refractivity contribution in [2.24, 2.45) is 5.73 Å². The Balaban J connectivity index is 2.25. The SMILES string of the molecule is Cc1cc(NC2CC(N)C2)c([N+](=O)[O-])cc1F. The molecule has 6 heteroatoms. The predicted molar refractivity (Wildman–Crippen MR) is 62.4 cm³/mol. The molecule has 0 bridgehead atoms. The van der Waals surface area contributed by atoms with E-state index in [1.165, 1.54) is 6.07 Å². The third-order valence-electron chi connectivity index (χ3n) is 3.01. The quantitative estimate of drug-likeness (QED) is 0.624. The van der Waals surface area contributed by atoms with Crippen molar-refractivity contribution in [3.63, 3.8) is 0 Å². The molecule has 3 N–H and O–H groups in total. The minimum Gasteiger partial charge on any atom is -0.377 e. The van der Waals surface area contributed by atoms with Gasteiger partial charge in [-0.15, -0.1) is 0 Å². The first-order chi connectivity index (χ1) is 7.97. The second-order valence-electron chi connectivity index (χ2n) is 4.45. The molecule has 0 saturated heterocycles. The number of aryl methyl sites for hydroxylation is 1. The van der Waals surface area contributed by atoms with Gasteiger partial charge in [0.25, 0.3) is 5.69 Å². The molecule has 92 valence electrons. The highest BCUT2D eigenvalue weighted by atomic mass is 19.1. The first-order valence-corrected chi connectivity index (χ1v) is 5.44. The third kappa shape index (κ3) is 2.36. The van der Waals surface area contributed by atoms with Gasteiger partial charge in [-0.25, -0.2) is 4.39 Å². The van der Waals surface area contributed by atoms with Crippen LogP contribution in [0.15, 0.2) is 12.1 Å². The van der Waals surface area contributed by atoms with Crippen LogP contribution in [-0.4, -0.2) is 17.0 Å². The lowest BCUT2D eigenvalue weighted by atomic mass is 9.87. The number of nitro groups is 1. The van der Waals surface area contributed by atoms with Crippen LogP contribution in [0.1, 0.15) is 18.4 Å². The number of nitrogens with zero attached hydrogens (tertiary/aromatic N) is 1. The van der Waals surface area contributed by atoms with Crippen LogP contribution >= 0.6 is 0 Å². The van der Waals surface area contributed by atoms with Crippen LogP contribution in [0.5, 0.6) is 0 Å². The molecular formula is C11H14FN3O2. The van der Waals surface area contributed by atoms with Crippen LogP contribution in [0.4, 0.5) is 15.8 Å². The number of benzene rings is 1. The molecule has 1 fully saturated rings. The van der Waals surface area contributed by atoms with E-state index >= 15 is 0 Å². The van der Waals surface area contributed by atoms with Crippen molar-refractivity contribution >= 4 is 11.4 Å². The summed E-state index contributed by atoms with van der Waals surface area (Å²) in [5, 5.41) is 13.9. The molecule has 0 amide bonds.